The summed E-state index contributed by atoms with van der Waals surface area (Å²) in [5, 5.41) is 0. The van der Waals surface area contributed by atoms with E-state index < -0.39 is 33.9 Å². The molecule has 0 atom stereocenters. The van der Waals surface area contributed by atoms with Gasteiger partial charge in [0.05, 0.1) is 9.49 Å². The van der Waals surface area contributed by atoms with Gasteiger partial charge < -0.3 is 5.73 Å². The summed E-state index contributed by atoms with van der Waals surface area (Å²) in [4.78, 5) is 0. The molecule has 2 N–H and O–H groups in total. The van der Waals surface area contributed by atoms with Crippen molar-refractivity contribution in [3.8, 4) is 0 Å². The predicted molar refractivity (Wildman–Crippen MR) is 65.3 cm³/mol. The number of nitrogens with two attached hydrogens (primary N) is 1. The molecule has 0 bridgehead atoms. The van der Waals surface area contributed by atoms with Crippen molar-refractivity contribution in [1.29, 1.82) is 0 Å². The van der Waals surface area contributed by atoms with Crippen molar-refractivity contribution in [3.05, 3.63) is 0 Å². The fourth-order valence-corrected chi connectivity index (χ4v) is 5.32. The van der Waals surface area contributed by atoms with Crippen LogP contribution in [-0.4, -0.2) is 31.0 Å². The van der Waals surface area contributed by atoms with E-state index in [1.54, 1.807) is 0 Å². The molecule has 0 rings (SSSR count). The zero-order chi connectivity index (χ0) is 13.6. The first-order valence-corrected chi connectivity index (χ1v) is 7.97. The molecule has 0 amide bonds. The second-order valence-electron chi connectivity index (χ2n) is 5.68. The Kier molecular flexibility index (Phi) is 3.92. The van der Waals surface area contributed by atoms with E-state index in [9.17, 15) is 16.8 Å². The van der Waals surface area contributed by atoms with Gasteiger partial charge in [-0.15, -0.1) is 0 Å². The largest absolute Gasteiger partial charge is 0.302 e. The maximum absolute atomic E-state index is 11.9. The van der Waals surface area contributed by atoms with E-state index >= 15 is 0 Å². The summed E-state index contributed by atoms with van der Waals surface area (Å²) in [5.74, 6) is 0. The van der Waals surface area contributed by atoms with Gasteiger partial charge in [-0.05, 0) is 41.5 Å². The van der Waals surface area contributed by atoms with E-state index in [-0.39, 0.29) is 0 Å². The first-order valence-electron chi connectivity index (χ1n) is 4.88. The van der Waals surface area contributed by atoms with Gasteiger partial charge in [0.1, 0.15) is 0 Å². The molecule has 0 aromatic rings. The molecule has 0 aliphatic heterocycles. The van der Waals surface area contributed by atoms with Crippen LogP contribution in [0.1, 0.15) is 41.5 Å². The highest BCUT2D eigenvalue weighted by Crippen LogP contribution is 2.27. The molecule has 0 aliphatic rings. The molecule has 16 heavy (non-hydrogen) atoms. The first-order chi connectivity index (χ1) is 6.65. The number of sulfone groups is 2. The highest BCUT2D eigenvalue weighted by Gasteiger charge is 2.47. The van der Waals surface area contributed by atoms with Crippen LogP contribution < -0.4 is 5.73 Å². The summed E-state index contributed by atoms with van der Waals surface area (Å²) in [6, 6.07) is 0. The Labute approximate surface area is 98.2 Å². The molecule has 0 spiro atoms. The molecule has 0 heterocycles. The molecular formula is C9H21NO4S2. The molecule has 98 valence electrons. The minimum absolute atomic E-state index is 1.19. The Bertz CT molecular complexity index is 405. The second kappa shape index (κ2) is 3.96. The molecule has 5 nitrogen and oxygen atoms in total. The van der Waals surface area contributed by atoms with Crippen LogP contribution in [0.25, 0.3) is 0 Å². The number of hydrogen-bond acceptors (Lipinski definition) is 5. The van der Waals surface area contributed by atoms with Crippen LogP contribution in [0.15, 0.2) is 0 Å². The zero-order valence-corrected chi connectivity index (χ0v) is 12.2. The molecule has 0 radical (unpaired) electrons. The highest BCUT2D eigenvalue weighted by atomic mass is 32.3. The van der Waals surface area contributed by atoms with Gasteiger partial charge in [0.25, 0.3) is 0 Å². The molecule has 0 aromatic heterocycles. The van der Waals surface area contributed by atoms with Crippen molar-refractivity contribution in [2.75, 3.05) is 0 Å². The van der Waals surface area contributed by atoms with Crippen molar-refractivity contribution >= 4 is 19.7 Å². The molecule has 0 fully saturated rings. The lowest BCUT2D eigenvalue weighted by atomic mass is 10.3. The number of rotatable bonds is 2. The lowest BCUT2D eigenvalue weighted by Crippen LogP contribution is -2.52. The summed E-state index contributed by atoms with van der Waals surface area (Å²) < 4.78 is 43.5. The predicted octanol–water partition coefficient (Wildman–Crippen LogP) is 0.655. The second-order valence-corrected chi connectivity index (χ2v) is 11.6. The molecule has 0 aliphatic carbocycles. The van der Waals surface area contributed by atoms with E-state index in [1.807, 2.05) is 0 Å². The van der Waals surface area contributed by atoms with E-state index in [0.717, 1.165) is 0 Å². The van der Waals surface area contributed by atoms with Crippen molar-refractivity contribution < 1.29 is 16.8 Å². The lowest BCUT2D eigenvalue weighted by Gasteiger charge is -2.29. The first kappa shape index (κ1) is 15.9. The summed E-state index contributed by atoms with van der Waals surface area (Å²) in [6.07, 6.45) is 0. The van der Waals surface area contributed by atoms with Crippen LogP contribution in [0.2, 0.25) is 0 Å². The minimum atomic E-state index is -3.93. The third-order valence-corrected chi connectivity index (χ3v) is 8.48. The van der Waals surface area contributed by atoms with Gasteiger partial charge in [-0.2, -0.15) is 0 Å². The van der Waals surface area contributed by atoms with E-state index in [2.05, 4.69) is 0 Å². The van der Waals surface area contributed by atoms with Gasteiger partial charge in [-0.1, -0.05) is 0 Å². The van der Waals surface area contributed by atoms with Crippen LogP contribution in [0, 0.1) is 0 Å². The van der Waals surface area contributed by atoms with Gasteiger partial charge in [0, 0.05) is 0 Å². The highest BCUT2D eigenvalue weighted by molar-refractivity contribution is 8.10. The van der Waals surface area contributed by atoms with Gasteiger partial charge in [-0.25, -0.2) is 16.8 Å². The zero-order valence-electron chi connectivity index (χ0n) is 10.6. The summed E-state index contributed by atoms with van der Waals surface area (Å²) in [6.45, 7) is 8.59. The molecule has 0 saturated carbocycles. The average molecular weight is 271 g/mol. The monoisotopic (exact) mass is 271 g/mol. The standard InChI is InChI=1S/C9H21NO4S2/c1-8(2,3)15(11,12)7(10)16(13,14)9(4,5)6/h7H,10H2,1-6H3. The average Bonchev–Trinajstić information content (AvgIpc) is 1.98. The quantitative estimate of drug-likeness (QED) is 0.796. The van der Waals surface area contributed by atoms with Crippen LogP contribution >= 0.6 is 0 Å². The Morgan fingerprint density at radius 1 is 0.750 bits per heavy atom. The maximum Gasteiger partial charge on any atom is 0.211 e. The van der Waals surface area contributed by atoms with E-state index in [1.165, 1.54) is 41.5 Å². The van der Waals surface area contributed by atoms with Crippen molar-refractivity contribution in [3.63, 3.8) is 0 Å². The normalized spacial score (nSPS) is 15.5. The summed E-state index contributed by atoms with van der Waals surface area (Å²) >= 11 is 0. The minimum Gasteiger partial charge on any atom is -0.302 e. The van der Waals surface area contributed by atoms with E-state index in [4.69, 9.17) is 5.73 Å². The summed E-state index contributed by atoms with van der Waals surface area (Å²) in [5.41, 5.74) is 5.43. The lowest BCUT2D eigenvalue weighted by molar-refractivity contribution is 0.536. The number of hydrogen-bond donors (Lipinski definition) is 1. The van der Waals surface area contributed by atoms with Crippen molar-refractivity contribution in [1.82, 2.24) is 0 Å². The van der Waals surface area contributed by atoms with Crippen molar-refractivity contribution in [2.24, 2.45) is 5.73 Å². The van der Waals surface area contributed by atoms with Crippen LogP contribution in [0.3, 0.4) is 0 Å². The van der Waals surface area contributed by atoms with Crippen LogP contribution in [0.5, 0.6) is 0 Å². The van der Waals surface area contributed by atoms with Gasteiger partial charge in [0.2, 0.25) is 4.71 Å². The Morgan fingerprint density at radius 3 is 1.06 bits per heavy atom. The SMILES string of the molecule is CC(C)(C)S(=O)(=O)C(N)S(=O)(=O)C(C)(C)C. The topological polar surface area (TPSA) is 94.3 Å². The molecular weight excluding hydrogens is 250 g/mol. The summed E-state index contributed by atoms with van der Waals surface area (Å²) in [7, 11) is -7.85. The Balaban J connectivity index is 5.70. The van der Waals surface area contributed by atoms with Gasteiger partial charge in [-0.3, -0.25) is 0 Å². The Morgan fingerprint density at radius 2 is 0.938 bits per heavy atom. The van der Waals surface area contributed by atoms with Crippen LogP contribution in [0.4, 0.5) is 0 Å². The van der Waals surface area contributed by atoms with Gasteiger partial charge >= 0.3 is 0 Å². The fraction of sp³-hybridized carbons (Fsp3) is 1.00. The smallest absolute Gasteiger partial charge is 0.211 e. The molecule has 0 saturated heterocycles. The third-order valence-electron chi connectivity index (χ3n) is 2.32. The molecule has 0 aromatic carbocycles. The molecule has 0 unspecified atom stereocenters. The van der Waals surface area contributed by atoms with Gasteiger partial charge in [0.15, 0.2) is 19.7 Å². The Hall–Kier alpha value is -0.140. The van der Waals surface area contributed by atoms with Crippen molar-refractivity contribution in [2.45, 2.75) is 55.7 Å². The van der Waals surface area contributed by atoms with E-state index in [0.29, 0.717) is 0 Å². The maximum atomic E-state index is 11.9. The van der Waals surface area contributed by atoms with Crippen LogP contribution in [-0.2, 0) is 19.7 Å². The molecule has 7 heteroatoms. The third kappa shape index (κ3) is 2.57. The fourth-order valence-electron chi connectivity index (χ4n) is 0.864.